The number of carbonyl (C=O) groups excluding carboxylic acids is 1. The number of halogens is 2. The van der Waals surface area contributed by atoms with Gasteiger partial charge >= 0.3 is 5.69 Å². The molecule has 2 N–H and O–H groups in total. The van der Waals surface area contributed by atoms with Gasteiger partial charge in [-0.25, -0.2) is 9.89 Å². The molecule has 1 heterocycles. The van der Waals surface area contributed by atoms with Crippen molar-refractivity contribution in [2.75, 3.05) is 12.4 Å². The Labute approximate surface area is 177 Å². The van der Waals surface area contributed by atoms with Crippen molar-refractivity contribution in [3.63, 3.8) is 0 Å². The number of rotatable bonds is 4. The summed E-state index contributed by atoms with van der Waals surface area (Å²) in [6.07, 6.45) is 0. The van der Waals surface area contributed by atoms with Gasteiger partial charge in [0.25, 0.3) is 5.91 Å². The molecule has 0 aliphatic rings. The average molecular weight is 475 g/mol. The molecule has 0 saturated carbocycles. The monoisotopic (exact) mass is 473 g/mol. The summed E-state index contributed by atoms with van der Waals surface area (Å²) in [4.78, 5) is 24.9. The fourth-order valence-electron chi connectivity index (χ4n) is 2.88. The van der Waals surface area contributed by atoms with Crippen LogP contribution in [0.5, 0.6) is 5.75 Å². The number of amides is 1. The standard InChI is InChI=1S/C19H13BrClN5O3/c1-29-17-9-15(16(8-14(17)20)26-19(28)23-24-25-26)22-18(27)12-3-2-11-7-13(21)5-4-10(11)6-12/h2-9H,1H3,(H,22,27)(H,23,25,28). The zero-order chi connectivity index (χ0) is 20.5. The lowest BCUT2D eigenvalue weighted by molar-refractivity contribution is 0.102. The first-order valence-corrected chi connectivity index (χ1v) is 9.52. The van der Waals surface area contributed by atoms with E-state index in [-0.39, 0.29) is 5.91 Å². The number of H-pyrrole nitrogens is 1. The number of ether oxygens (including phenoxy) is 1. The number of hydrogen-bond donors (Lipinski definition) is 2. The Morgan fingerprint density at radius 1 is 1.17 bits per heavy atom. The van der Waals surface area contributed by atoms with Gasteiger partial charge in [-0.05, 0) is 67.5 Å². The predicted molar refractivity (Wildman–Crippen MR) is 113 cm³/mol. The number of tetrazole rings is 1. The first-order valence-electron chi connectivity index (χ1n) is 8.35. The predicted octanol–water partition coefficient (Wildman–Crippen LogP) is 3.79. The van der Waals surface area contributed by atoms with Gasteiger partial charge in [0.2, 0.25) is 0 Å². The van der Waals surface area contributed by atoms with Crippen LogP contribution in [0, 0.1) is 0 Å². The van der Waals surface area contributed by atoms with Gasteiger partial charge in [-0.15, -0.1) is 0 Å². The SMILES string of the molecule is COc1cc(NC(=O)c2ccc3cc(Cl)ccc3c2)c(-n2nn[nH]c2=O)cc1Br. The summed E-state index contributed by atoms with van der Waals surface area (Å²) in [5.74, 6) is 0.123. The molecule has 4 aromatic rings. The molecule has 0 radical (unpaired) electrons. The van der Waals surface area contributed by atoms with E-state index < -0.39 is 5.69 Å². The van der Waals surface area contributed by atoms with Crippen LogP contribution in [0.3, 0.4) is 0 Å². The number of methoxy groups -OCH3 is 1. The Kier molecular flexibility index (Phi) is 5.08. The van der Waals surface area contributed by atoms with Crippen molar-refractivity contribution < 1.29 is 9.53 Å². The minimum Gasteiger partial charge on any atom is -0.495 e. The van der Waals surface area contributed by atoms with Gasteiger partial charge < -0.3 is 10.1 Å². The van der Waals surface area contributed by atoms with E-state index in [1.807, 2.05) is 18.2 Å². The molecule has 0 fully saturated rings. The number of nitrogens with one attached hydrogen (secondary N) is 2. The van der Waals surface area contributed by atoms with E-state index in [1.54, 1.807) is 30.3 Å². The summed E-state index contributed by atoms with van der Waals surface area (Å²) in [7, 11) is 1.50. The molecular formula is C19H13BrClN5O3. The maximum Gasteiger partial charge on any atom is 0.365 e. The second-order valence-electron chi connectivity index (χ2n) is 6.08. The fourth-order valence-corrected chi connectivity index (χ4v) is 3.56. The second kappa shape index (κ2) is 7.69. The lowest BCUT2D eigenvalue weighted by Crippen LogP contribution is -2.20. The van der Waals surface area contributed by atoms with Gasteiger partial charge in [0.15, 0.2) is 0 Å². The third kappa shape index (κ3) is 3.74. The Balaban J connectivity index is 1.75. The van der Waals surface area contributed by atoms with E-state index in [1.165, 1.54) is 7.11 Å². The van der Waals surface area contributed by atoms with Crippen molar-refractivity contribution >= 4 is 49.9 Å². The molecule has 0 spiro atoms. The summed E-state index contributed by atoms with van der Waals surface area (Å²) in [6.45, 7) is 0. The van der Waals surface area contributed by atoms with Crippen LogP contribution in [-0.4, -0.2) is 33.2 Å². The number of benzene rings is 3. The summed E-state index contributed by atoms with van der Waals surface area (Å²) >= 11 is 9.39. The van der Waals surface area contributed by atoms with Gasteiger partial charge in [0, 0.05) is 16.7 Å². The maximum absolute atomic E-state index is 12.9. The second-order valence-corrected chi connectivity index (χ2v) is 7.37. The highest BCUT2D eigenvalue weighted by atomic mass is 79.9. The van der Waals surface area contributed by atoms with Crippen molar-refractivity contribution in [2.24, 2.45) is 0 Å². The van der Waals surface area contributed by atoms with Crippen molar-refractivity contribution in [3.8, 4) is 11.4 Å². The molecule has 4 rings (SSSR count). The first-order chi connectivity index (χ1) is 14.0. The molecule has 0 bridgehead atoms. The molecule has 3 aromatic carbocycles. The number of aromatic amines is 1. The quantitative estimate of drug-likeness (QED) is 0.469. The van der Waals surface area contributed by atoms with E-state index in [9.17, 15) is 9.59 Å². The number of aromatic nitrogens is 4. The van der Waals surface area contributed by atoms with Crippen LogP contribution < -0.4 is 15.7 Å². The molecular weight excluding hydrogens is 462 g/mol. The largest absolute Gasteiger partial charge is 0.495 e. The Hall–Kier alpha value is -3.17. The molecule has 29 heavy (non-hydrogen) atoms. The molecule has 10 heteroatoms. The lowest BCUT2D eigenvalue weighted by Gasteiger charge is -2.13. The Morgan fingerprint density at radius 2 is 1.93 bits per heavy atom. The van der Waals surface area contributed by atoms with E-state index in [2.05, 4.69) is 36.8 Å². The van der Waals surface area contributed by atoms with Crippen LogP contribution in [0.1, 0.15) is 10.4 Å². The maximum atomic E-state index is 12.9. The molecule has 0 atom stereocenters. The Bertz CT molecular complexity index is 1300. The van der Waals surface area contributed by atoms with Crippen LogP contribution >= 0.6 is 27.5 Å². The van der Waals surface area contributed by atoms with Gasteiger partial charge in [-0.2, -0.15) is 4.68 Å². The zero-order valence-corrected chi connectivity index (χ0v) is 17.3. The highest BCUT2D eigenvalue weighted by molar-refractivity contribution is 9.10. The van der Waals surface area contributed by atoms with Crippen LogP contribution in [0.25, 0.3) is 16.5 Å². The lowest BCUT2D eigenvalue weighted by atomic mass is 10.1. The number of hydrogen-bond acceptors (Lipinski definition) is 5. The minimum absolute atomic E-state index is 0.331. The molecule has 0 aliphatic carbocycles. The van der Waals surface area contributed by atoms with Gasteiger partial charge in [0.05, 0.1) is 23.0 Å². The molecule has 8 nitrogen and oxygen atoms in total. The molecule has 0 aliphatic heterocycles. The molecule has 146 valence electrons. The normalized spacial score (nSPS) is 10.9. The summed E-state index contributed by atoms with van der Waals surface area (Å²) in [5.41, 5.74) is 0.569. The van der Waals surface area contributed by atoms with Crippen molar-refractivity contribution in [2.45, 2.75) is 0 Å². The van der Waals surface area contributed by atoms with Crippen LogP contribution in [0.15, 0.2) is 57.8 Å². The number of carbonyl (C=O) groups is 1. The van der Waals surface area contributed by atoms with E-state index >= 15 is 0 Å². The third-order valence-corrected chi connectivity index (χ3v) is 5.14. The van der Waals surface area contributed by atoms with Crippen LogP contribution in [0.2, 0.25) is 5.02 Å². The first kappa shape index (κ1) is 19.2. The van der Waals surface area contributed by atoms with Gasteiger partial charge in [0.1, 0.15) is 5.75 Å². The highest BCUT2D eigenvalue weighted by Crippen LogP contribution is 2.33. The third-order valence-electron chi connectivity index (χ3n) is 4.28. The highest BCUT2D eigenvalue weighted by Gasteiger charge is 2.17. The summed E-state index contributed by atoms with van der Waals surface area (Å²) in [5, 5.41) is 14.7. The fraction of sp³-hybridized carbons (Fsp3) is 0.0526. The molecule has 1 amide bonds. The topological polar surface area (TPSA) is 102 Å². The summed E-state index contributed by atoms with van der Waals surface area (Å²) in [6, 6.07) is 13.9. The molecule has 0 unspecified atom stereocenters. The van der Waals surface area contributed by atoms with E-state index in [0.717, 1.165) is 15.5 Å². The van der Waals surface area contributed by atoms with Crippen molar-refractivity contribution in [1.82, 2.24) is 20.2 Å². The Morgan fingerprint density at radius 3 is 2.66 bits per heavy atom. The van der Waals surface area contributed by atoms with Gasteiger partial charge in [-0.1, -0.05) is 23.7 Å². The number of nitrogens with zero attached hydrogens (tertiary/aromatic N) is 3. The van der Waals surface area contributed by atoms with Gasteiger partial charge in [-0.3, -0.25) is 4.79 Å². The smallest absolute Gasteiger partial charge is 0.365 e. The van der Waals surface area contributed by atoms with Crippen LogP contribution in [-0.2, 0) is 0 Å². The zero-order valence-electron chi connectivity index (χ0n) is 14.9. The van der Waals surface area contributed by atoms with Crippen LogP contribution in [0.4, 0.5) is 5.69 Å². The molecule has 1 aromatic heterocycles. The van der Waals surface area contributed by atoms with Crippen molar-refractivity contribution in [3.05, 3.63) is 74.1 Å². The molecule has 0 saturated heterocycles. The summed E-state index contributed by atoms with van der Waals surface area (Å²) < 4.78 is 6.93. The number of anilines is 1. The number of fused-ring (bicyclic) bond motifs is 1. The minimum atomic E-state index is -0.542. The van der Waals surface area contributed by atoms with E-state index in [4.69, 9.17) is 16.3 Å². The van der Waals surface area contributed by atoms with Crippen molar-refractivity contribution in [1.29, 1.82) is 0 Å². The average Bonchev–Trinajstić information content (AvgIpc) is 3.14. The van der Waals surface area contributed by atoms with E-state index in [0.29, 0.717) is 32.2 Å².